The number of benzene rings is 2. The minimum absolute atomic E-state index is 0.0558. The molecule has 0 saturated carbocycles. The van der Waals surface area contributed by atoms with E-state index in [0.717, 1.165) is 11.1 Å². The summed E-state index contributed by atoms with van der Waals surface area (Å²) in [6.45, 7) is 5.64. The van der Waals surface area contributed by atoms with Gasteiger partial charge in [0.15, 0.2) is 6.61 Å². The van der Waals surface area contributed by atoms with Crippen molar-refractivity contribution in [3.05, 3.63) is 65.2 Å². The van der Waals surface area contributed by atoms with Crippen LogP contribution in [0, 0.1) is 6.92 Å². The molecule has 3 amide bonds. The van der Waals surface area contributed by atoms with Crippen LogP contribution in [0.15, 0.2) is 48.5 Å². The number of esters is 1. The van der Waals surface area contributed by atoms with Gasteiger partial charge in [-0.2, -0.15) is 0 Å². The van der Waals surface area contributed by atoms with Crippen molar-refractivity contribution >= 4 is 23.6 Å². The van der Waals surface area contributed by atoms with E-state index >= 15 is 0 Å². The third-order valence-electron chi connectivity index (χ3n) is 3.70. The van der Waals surface area contributed by atoms with Crippen molar-refractivity contribution in [2.75, 3.05) is 11.9 Å². The van der Waals surface area contributed by atoms with Gasteiger partial charge in [-0.05, 0) is 56.2 Å². The number of amides is 3. The molecule has 0 aliphatic carbocycles. The molecular formula is C21H25N3O4. The second-order valence-corrected chi connectivity index (χ2v) is 6.67. The minimum Gasteiger partial charge on any atom is -0.452 e. The summed E-state index contributed by atoms with van der Waals surface area (Å²) in [5.41, 5.74) is 2.84. The minimum atomic E-state index is -0.587. The first-order valence-corrected chi connectivity index (χ1v) is 9.00. The third-order valence-corrected chi connectivity index (χ3v) is 3.70. The van der Waals surface area contributed by atoms with Gasteiger partial charge in [-0.25, -0.2) is 9.59 Å². The van der Waals surface area contributed by atoms with Crippen LogP contribution in [0.2, 0.25) is 0 Å². The maximum atomic E-state index is 12.1. The summed E-state index contributed by atoms with van der Waals surface area (Å²) < 4.78 is 5.04. The van der Waals surface area contributed by atoms with E-state index in [1.807, 2.05) is 39.0 Å². The van der Waals surface area contributed by atoms with Crippen molar-refractivity contribution in [1.29, 1.82) is 0 Å². The number of ether oxygens (including phenoxy) is 1. The molecule has 0 unspecified atom stereocenters. The van der Waals surface area contributed by atoms with Gasteiger partial charge in [0, 0.05) is 18.3 Å². The average Bonchev–Trinajstić information content (AvgIpc) is 2.64. The third kappa shape index (κ3) is 7.11. The van der Waals surface area contributed by atoms with Crippen molar-refractivity contribution in [3.8, 4) is 0 Å². The number of hydrogen-bond donors (Lipinski definition) is 3. The van der Waals surface area contributed by atoms with Gasteiger partial charge in [-0.15, -0.1) is 0 Å². The topological polar surface area (TPSA) is 96.5 Å². The Balaban J connectivity index is 1.79. The Bertz CT molecular complexity index is 832. The lowest BCUT2D eigenvalue weighted by atomic mass is 10.1. The average molecular weight is 383 g/mol. The van der Waals surface area contributed by atoms with Gasteiger partial charge in [0.25, 0.3) is 5.91 Å². The number of carbonyl (C=O) groups is 3. The van der Waals surface area contributed by atoms with Gasteiger partial charge in [-0.3, -0.25) is 4.79 Å². The van der Waals surface area contributed by atoms with Crippen LogP contribution in [-0.2, 0) is 16.1 Å². The van der Waals surface area contributed by atoms with Crippen molar-refractivity contribution < 1.29 is 19.1 Å². The normalized spacial score (nSPS) is 10.3. The van der Waals surface area contributed by atoms with Gasteiger partial charge < -0.3 is 20.7 Å². The van der Waals surface area contributed by atoms with Gasteiger partial charge >= 0.3 is 12.0 Å². The van der Waals surface area contributed by atoms with Gasteiger partial charge in [0.2, 0.25) is 0 Å². The van der Waals surface area contributed by atoms with Gasteiger partial charge in [0.05, 0.1) is 5.56 Å². The van der Waals surface area contributed by atoms with E-state index in [4.69, 9.17) is 4.74 Å². The zero-order valence-electron chi connectivity index (χ0n) is 16.2. The number of aryl methyl sites for hydroxylation is 1. The standard InChI is InChI=1S/C21H25N3O4/c1-14(2)23-21(27)22-12-16-7-9-17(10-8-16)20(26)28-13-19(25)24-18-6-4-5-15(3)11-18/h4-11,14H,12-13H2,1-3H3,(H,24,25)(H2,22,23,27). The number of nitrogens with one attached hydrogen (secondary N) is 3. The highest BCUT2D eigenvalue weighted by Crippen LogP contribution is 2.10. The molecule has 0 fully saturated rings. The molecule has 0 aliphatic rings. The molecule has 0 atom stereocenters. The van der Waals surface area contributed by atoms with E-state index in [2.05, 4.69) is 16.0 Å². The first-order valence-electron chi connectivity index (χ1n) is 9.00. The Morgan fingerprint density at radius 3 is 2.39 bits per heavy atom. The maximum Gasteiger partial charge on any atom is 0.338 e. The van der Waals surface area contributed by atoms with Gasteiger partial charge in [0.1, 0.15) is 0 Å². The predicted octanol–water partition coefficient (Wildman–Crippen LogP) is 3.00. The highest BCUT2D eigenvalue weighted by Gasteiger charge is 2.11. The molecule has 2 aromatic carbocycles. The molecule has 0 heterocycles. The second-order valence-electron chi connectivity index (χ2n) is 6.67. The molecule has 148 valence electrons. The molecule has 0 bridgehead atoms. The van der Waals surface area contributed by atoms with Crippen LogP contribution in [-0.4, -0.2) is 30.6 Å². The van der Waals surface area contributed by atoms with Gasteiger partial charge in [-0.1, -0.05) is 24.3 Å². The van der Waals surface area contributed by atoms with Crippen LogP contribution in [0.5, 0.6) is 0 Å². The molecule has 2 aromatic rings. The van der Waals surface area contributed by atoms with E-state index in [0.29, 0.717) is 17.8 Å². The molecule has 0 aromatic heterocycles. The second kappa shape index (κ2) is 10.1. The number of carbonyl (C=O) groups excluding carboxylic acids is 3. The molecule has 0 aliphatic heterocycles. The summed E-state index contributed by atoms with van der Waals surface area (Å²) in [6.07, 6.45) is 0. The van der Waals surface area contributed by atoms with E-state index in [-0.39, 0.29) is 18.7 Å². The molecule has 28 heavy (non-hydrogen) atoms. The zero-order valence-corrected chi connectivity index (χ0v) is 16.2. The monoisotopic (exact) mass is 383 g/mol. The highest BCUT2D eigenvalue weighted by molar-refractivity contribution is 5.95. The Morgan fingerprint density at radius 1 is 1.04 bits per heavy atom. The Labute approximate surface area is 164 Å². The van der Waals surface area contributed by atoms with Crippen molar-refractivity contribution in [1.82, 2.24) is 10.6 Å². The molecule has 7 nitrogen and oxygen atoms in total. The molecular weight excluding hydrogens is 358 g/mol. The SMILES string of the molecule is Cc1cccc(NC(=O)COC(=O)c2ccc(CNC(=O)NC(C)C)cc2)c1. The van der Waals surface area contributed by atoms with E-state index < -0.39 is 11.9 Å². The van der Waals surface area contributed by atoms with Crippen LogP contribution in [0.1, 0.15) is 35.3 Å². The summed E-state index contributed by atoms with van der Waals surface area (Å²) in [5.74, 6) is -0.993. The van der Waals surface area contributed by atoms with E-state index in [1.54, 1.807) is 30.3 Å². The summed E-state index contributed by atoms with van der Waals surface area (Å²) in [7, 11) is 0. The van der Waals surface area contributed by atoms with E-state index in [9.17, 15) is 14.4 Å². The molecule has 3 N–H and O–H groups in total. The molecule has 2 rings (SSSR count). The number of rotatable bonds is 7. The predicted molar refractivity (Wildman–Crippen MR) is 107 cm³/mol. The lowest BCUT2D eigenvalue weighted by Gasteiger charge is -2.10. The van der Waals surface area contributed by atoms with Crippen LogP contribution < -0.4 is 16.0 Å². The smallest absolute Gasteiger partial charge is 0.338 e. The summed E-state index contributed by atoms with van der Waals surface area (Å²) >= 11 is 0. The largest absolute Gasteiger partial charge is 0.452 e. The lowest BCUT2D eigenvalue weighted by Crippen LogP contribution is -2.39. The Kier molecular flexibility index (Phi) is 7.56. The molecule has 0 saturated heterocycles. The fourth-order valence-corrected chi connectivity index (χ4v) is 2.39. The van der Waals surface area contributed by atoms with Crippen LogP contribution in [0.4, 0.5) is 10.5 Å². The summed E-state index contributed by atoms with van der Waals surface area (Å²) in [6, 6.07) is 13.8. The Morgan fingerprint density at radius 2 is 1.75 bits per heavy atom. The number of anilines is 1. The van der Waals surface area contributed by atoms with Crippen LogP contribution in [0.3, 0.4) is 0 Å². The summed E-state index contributed by atoms with van der Waals surface area (Å²) in [5, 5.41) is 8.13. The van der Waals surface area contributed by atoms with Crippen molar-refractivity contribution in [2.24, 2.45) is 0 Å². The van der Waals surface area contributed by atoms with Crippen molar-refractivity contribution in [3.63, 3.8) is 0 Å². The fraction of sp³-hybridized carbons (Fsp3) is 0.286. The zero-order chi connectivity index (χ0) is 20.5. The van der Waals surface area contributed by atoms with Crippen molar-refractivity contribution in [2.45, 2.75) is 33.4 Å². The first-order chi connectivity index (χ1) is 13.3. The fourth-order valence-electron chi connectivity index (χ4n) is 2.39. The number of hydrogen-bond acceptors (Lipinski definition) is 4. The van der Waals surface area contributed by atoms with Crippen LogP contribution in [0.25, 0.3) is 0 Å². The molecule has 7 heteroatoms. The molecule has 0 radical (unpaired) electrons. The Hall–Kier alpha value is -3.35. The first kappa shape index (κ1) is 21.0. The highest BCUT2D eigenvalue weighted by atomic mass is 16.5. The maximum absolute atomic E-state index is 12.1. The lowest BCUT2D eigenvalue weighted by molar-refractivity contribution is -0.119. The summed E-state index contributed by atoms with van der Waals surface area (Å²) in [4.78, 5) is 35.5. The quantitative estimate of drug-likeness (QED) is 0.641. The van der Waals surface area contributed by atoms with E-state index in [1.165, 1.54) is 0 Å². The molecule has 0 spiro atoms. The number of urea groups is 1. The van der Waals surface area contributed by atoms with Crippen LogP contribution >= 0.6 is 0 Å².